The third kappa shape index (κ3) is 3.69. The number of carbonyl (C=O) groups excluding carboxylic acids is 1. The Kier molecular flexibility index (Phi) is 5.10. The van der Waals surface area contributed by atoms with Gasteiger partial charge in [0.25, 0.3) is 5.56 Å². The Morgan fingerprint density at radius 2 is 1.77 bits per heavy atom. The van der Waals surface area contributed by atoms with Crippen molar-refractivity contribution < 1.29 is 9.21 Å². The first-order chi connectivity index (χ1) is 14.4. The molecule has 0 aliphatic heterocycles. The van der Waals surface area contributed by atoms with Crippen molar-refractivity contribution in [3.8, 4) is 0 Å². The summed E-state index contributed by atoms with van der Waals surface area (Å²) in [6, 6.07) is 15.8. The van der Waals surface area contributed by atoms with Gasteiger partial charge in [-0.1, -0.05) is 18.2 Å². The first-order valence-corrected chi connectivity index (χ1v) is 9.56. The molecule has 2 aromatic carbocycles. The van der Waals surface area contributed by atoms with Crippen molar-refractivity contribution >= 4 is 22.5 Å². The Bertz CT molecular complexity index is 1350. The topological polar surface area (TPSA) is 86.2 Å². The molecule has 0 bridgehead atoms. The summed E-state index contributed by atoms with van der Waals surface area (Å²) < 4.78 is 7.70. The van der Waals surface area contributed by atoms with Crippen LogP contribution in [0.4, 0.5) is 5.69 Å². The highest BCUT2D eigenvalue weighted by atomic mass is 16.3. The minimum Gasteiger partial charge on any atom is -0.467 e. The normalized spacial score (nSPS) is 11.0. The SMILES string of the molecule is Cc1ccc(NC(=O)Cn2c(=O)n(Cc3ccco3)c(=O)c3ccccc32)cc1C. The van der Waals surface area contributed by atoms with Crippen LogP contribution in [0.25, 0.3) is 10.9 Å². The van der Waals surface area contributed by atoms with E-state index in [1.807, 2.05) is 32.0 Å². The summed E-state index contributed by atoms with van der Waals surface area (Å²) in [7, 11) is 0. The van der Waals surface area contributed by atoms with Crippen LogP contribution in [0.3, 0.4) is 0 Å². The number of hydrogen-bond acceptors (Lipinski definition) is 4. The molecule has 0 aliphatic rings. The minimum absolute atomic E-state index is 0.00568. The number of nitrogens with one attached hydrogen (secondary N) is 1. The van der Waals surface area contributed by atoms with Crippen LogP contribution in [-0.4, -0.2) is 15.0 Å². The second-order valence-corrected chi connectivity index (χ2v) is 7.20. The Hall–Kier alpha value is -3.87. The number of hydrogen-bond donors (Lipinski definition) is 1. The fourth-order valence-electron chi connectivity index (χ4n) is 3.38. The van der Waals surface area contributed by atoms with E-state index < -0.39 is 11.2 Å². The van der Waals surface area contributed by atoms with Gasteiger partial charge in [-0.15, -0.1) is 0 Å². The monoisotopic (exact) mass is 403 g/mol. The van der Waals surface area contributed by atoms with Gasteiger partial charge in [-0.2, -0.15) is 0 Å². The highest BCUT2D eigenvalue weighted by Crippen LogP contribution is 2.15. The molecule has 0 radical (unpaired) electrons. The molecular weight excluding hydrogens is 382 g/mol. The zero-order valence-electron chi connectivity index (χ0n) is 16.7. The Morgan fingerprint density at radius 3 is 2.50 bits per heavy atom. The standard InChI is InChI=1S/C23H21N3O4/c1-15-9-10-17(12-16(15)2)24-21(27)14-25-20-8-4-3-7-19(20)22(28)26(23(25)29)13-18-6-5-11-30-18/h3-12H,13-14H2,1-2H3,(H,24,27). The fourth-order valence-corrected chi connectivity index (χ4v) is 3.38. The summed E-state index contributed by atoms with van der Waals surface area (Å²) in [6.07, 6.45) is 1.48. The number of furan rings is 1. The van der Waals surface area contributed by atoms with E-state index in [9.17, 15) is 14.4 Å². The average molecular weight is 403 g/mol. The van der Waals surface area contributed by atoms with Crippen molar-refractivity contribution in [1.29, 1.82) is 0 Å². The molecule has 1 N–H and O–H groups in total. The van der Waals surface area contributed by atoms with Crippen LogP contribution < -0.4 is 16.6 Å². The molecule has 4 aromatic rings. The molecule has 1 amide bonds. The van der Waals surface area contributed by atoms with E-state index in [1.165, 1.54) is 10.8 Å². The number of carbonyl (C=O) groups is 1. The molecule has 0 fully saturated rings. The molecule has 0 spiro atoms. The van der Waals surface area contributed by atoms with Gasteiger partial charge in [0, 0.05) is 5.69 Å². The maximum absolute atomic E-state index is 13.1. The summed E-state index contributed by atoms with van der Waals surface area (Å²) in [5, 5.41) is 3.19. The molecule has 4 rings (SSSR count). The Balaban J connectivity index is 1.73. The molecule has 0 saturated carbocycles. The molecule has 7 nitrogen and oxygen atoms in total. The van der Waals surface area contributed by atoms with E-state index in [4.69, 9.17) is 4.42 Å². The van der Waals surface area contributed by atoms with Gasteiger partial charge in [0.15, 0.2) is 0 Å². The van der Waals surface area contributed by atoms with E-state index in [0.717, 1.165) is 15.7 Å². The summed E-state index contributed by atoms with van der Waals surface area (Å²) in [4.78, 5) is 38.7. The van der Waals surface area contributed by atoms with Gasteiger partial charge in [0.1, 0.15) is 12.3 Å². The number of rotatable bonds is 5. The third-order valence-electron chi connectivity index (χ3n) is 5.12. The van der Waals surface area contributed by atoms with Gasteiger partial charge in [-0.3, -0.25) is 18.7 Å². The molecular formula is C23H21N3O4. The van der Waals surface area contributed by atoms with Gasteiger partial charge >= 0.3 is 5.69 Å². The Labute approximate surface area is 172 Å². The largest absolute Gasteiger partial charge is 0.467 e. The van der Waals surface area contributed by atoms with Gasteiger partial charge < -0.3 is 9.73 Å². The number of benzene rings is 2. The fraction of sp³-hybridized carbons (Fsp3) is 0.174. The third-order valence-corrected chi connectivity index (χ3v) is 5.12. The van der Waals surface area contributed by atoms with Crippen LogP contribution in [0.1, 0.15) is 16.9 Å². The summed E-state index contributed by atoms with van der Waals surface area (Å²) in [6.45, 7) is 3.74. The quantitative estimate of drug-likeness (QED) is 0.555. The zero-order chi connectivity index (χ0) is 21.3. The number of aromatic nitrogens is 2. The maximum atomic E-state index is 13.1. The van der Waals surface area contributed by atoms with Gasteiger partial charge in [-0.05, 0) is 61.4 Å². The van der Waals surface area contributed by atoms with Crippen LogP contribution in [-0.2, 0) is 17.9 Å². The molecule has 30 heavy (non-hydrogen) atoms. The lowest BCUT2D eigenvalue weighted by molar-refractivity contribution is -0.116. The molecule has 2 aromatic heterocycles. The second kappa shape index (κ2) is 7.87. The maximum Gasteiger partial charge on any atom is 0.332 e. The minimum atomic E-state index is -0.565. The van der Waals surface area contributed by atoms with Crippen molar-refractivity contribution in [3.63, 3.8) is 0 Å². The van der Waals surface area contributed by atoms with Crippen molar-refractivity contribution in [3.05, 3.63) is 98.6 Å². The lowest BCUT2D eigenvalue weighted by Crippen LogP contribution is -2.42. The summed E-state index contributed by atoms with van der Waals surface area (Å²) >= 11 is 0. The lowest BCUT2D eigenvalue weighted by atomic mass is 10.1. The van der Waals surface area contributed by atoms with Crippen LogP contribution >= 0.6 is 0 Å². The molecule has 2 heterocycles. The molecule has 7 heteroatoms. The smallest absolute Gasteiger partial charge is 0.332 e. The van der Waals surface area contributed by atoms with Crippen molar-refractivity contribution in [2.75, 3.05) is 5.32 Å². The summed E-state index contributed by atoms with van der Waals surface area (Å²) in [5.74, 6) is 0.129. The van der Waals surface area contributed by atoms with E-state index in [2.05, 4.69) is 5.32 Å². The number of aryl methyl sites for hydroxylation is 2. The van der Waals surface area contributed by atoms with Gasteiger partial charge in [0.05, 0.1) is 23.7 Å². The van der Waals surface area contributed by atoms with Gasteiger partial charge in [-0.25, -0.2) is 4.79 Å². The first kappa shape index (κ1) is 19.4. The van der Waals surface area contributed by atoms with E-state index in [1.54, 1.807) is 36.4 Å². The number of anilines is 1. The summed E-state index contributed by atoms with van der Waals surface area (Å²) in [5.41, 5.74) is 2.27. The predicted octanol–water partition coefficient (Wildman–Crippen LogP) is 3.06. The molecule has 152 valence electrons. The van der Waals surface area contributed by atoms with Crippen molar-refractivity contribution in [2.45, 2.75) is 26.9 Å². The van der Waals surface area contributed by atoms with Crippen molar-refractivity contribution in [2.24, 2.45) is 0 Å². The van der Waals surface area contributed by atoms with Crippen molar-refractivity contribution in [1.82, 2.24) is 9.13 Å². The number of para-hydroxylation sites is 1. The molecule has 0 atom stereocenters. The number of nitrogens with zero attached hydrogens (tertiary/aromatic N) is 2. The first-order valence-electron chi connectivity index (χ1n) is 9.56. The lowest BCUT2D eigenvalue weighted by Gasteiger charge is -2.14. The average Bonchev–Trinajstić information content (AvgIpc) is 3.24. The van der Waals surface area contributed by atoms with Gasteiger partial charge in [0.2, 0.25) is 5.91 Å². The van der Waals surface area contributed by atoms with Crippen LogP contribution in [0.5, 0.6) is 0 Å². The molecule has 0 aliphatic carbocycles. The van der Waals surface area contributed by atoms with E-state index in [0.29, 0.717) is 22.4 Å². The molecule has 0 unspecified atom stereocenters. The second-order valence-electron chi connectivity index (χ2n) is 7.20. The molecule has 0 saturated heterocycles. The van der Waals surface area contributed by atoms with Crippen LogP contribution in [0, 0.1) is 13.8 Å². The van der Waals surface area contributed by atoms with E-state index >= 15 is 0 Å². The predicted molar refractivity (Wildman–Crippen MR) is 115 cm³/mol. The van der Waals surface area contributed by atoms with Crippen LogP contribution in [0.15, 0.2) is 74.9 Å². The highest BCUT2D eigenvalue weighted by molar-refractivity contribution is 5.91. The Morgan fingerprint density at radius 1 is 0.967 bits per heavy atom. The van der Waals surface area contributed by atoms with E-state index in [-0.39, 0.29) is 19.0 Å². The van der Waals surface area contributed by atoms with Crippen LogP contribution in [0.2, 0.25) is 0 Å². The number of fused-ring (bicyclic) bond motifs is 1. The number of amides is 1. The zero-order valence-corrected chi connectivity index (χ0v) is 16.7. The highest BCUT2D eigenvalue weighted by Gasteiger charge is 2.16.